The molecule has 1 aromatic heterocycles. The molecule has 118 valence electrons. The number of hydrogen-bond donors (Lipinski definition) is 3. The van der Waals surface area contributed by atoms with Gasteiger partial charge in [-0.25, -0.2) is 9.18 Å². The maximum absolute atomic E-state index is 13.9. The van der Waals surface area contributed by atoms with Crippen molar-refractivity contribution in [3.8, 4) is 0 Å². The molecule has 1 fully saturated rings. The van der Waals surface area contributed by atoms with Gasteiger partial charge in [-0.2, -0.15) is 13.2 Å². The number of H-pyrrole nitrogens is 1. The Bertz CT molecular complexity index is 641. The van der Waals surface area contributed by atoms with Gasteiger partial charge in [0.25, 0.3) is 5.56 Å². The molecule has 0 spiro atoms. The van der Waals surface area contributed by atoms with E-state index in [4.69, 9.17) is 5.11 Å². The number of aliphatic hydroxyl groups is 2. The van der Waals surface area contributed by atoms with Crippen molar-refractivity contribution in [2.45, 2.75) is 30.3 Å². The van der Waals surface area contributed by atoms with Crippen LogP contribution in [0.1, 0.15) is 6.23 Å². The van der Waals surface area contributed by atoms with E-state index in [1.807, 2.05) is 0 Å². The van der Waals surface area contributed by atoms with Crippen molar-refractivity contribution in [2.75, 3.05) is 6.61 Å². The van der Waals surface area contributed by atoms with Crippen LogP contribution in [0.4, 0.5) is 17.6 Å². The number of ether oxygens (including phenoxy) is 1. The molecule has 0 unspecified atom stereocenters. The molecule has 11 heteroatoms. The molecule has 0 amide bonds. The van der Waals surface area contributed by atoms with Crippen LogP contribution in [-0.4, -0.2) is 50.4 Å². The smallest absolute Gasteiger partial charge is 0.393 e. The lowest BCUT2D eigenvalue weighted by molar-refractivity contribution is -0.306. The summed E-state index contributed by atoms with van der Waals surface area (Å²) in [5.74, 6) is 0. The van der Waals surface area contributed by atoms with Gasteiger partial charge in [0, 0.05) is 12.3 Å². The normalized spacial score (nSPS) is 33.3. The second kappa shape index (κ2) is 4.93. The minimum atomic E-state index is -5.27. The number of hydrogen-bond acceptors (Lipinski definition) is 5. The van der Waals surface area contributed by atoms with E-state index in [0.29, 0.717) is 4.57 Å². The molecule has 0 radical (unpaired) electrons. The highest BCUT2D eigenvalue weighted by Gasteiger charge is 2.69. The van der Waals surface area contributed by atoms with Gasteiger partial charge in [-0.05, 0) is 0 Å². The lowest BCUT2D eigenvalue weighted by Crippen LogP contribution is -2.56. The van der Waals surface area contributed by atoms with E-state index >= 15 is 0 Å². The Morgan fingerprint density at radius 3 is 2.48 bits per heavy atom. The predicted molar refractivity (Wildman–Crippen MR) is 58.2 cm³/mol. The minimum absolute atomic E-state index is 0.360. The van der Waals surface area contributed by atoms with E-state index in [1.54, 1.807) is 4.98 Å². The maximum atomic E-state index is 13.9. The zero-order valence-electron chi connectivity index (χ0n) is 10.2. The first kappa shape index (κ1) is 15.7. The molecule has 0 saturated carbocycles. The van der Waals surface area contributed by atoms with Gasteiger partial charge in [-0.1, -0.05) is 0 Å². The van der Waals surface area contributed by atoms with Crippen LogP contribution in [0.15, 0.2) is 21.9 Å². The topological polar surface area (TPSA) is 105 Å². The first-order valence-electron chi connectivity index (χ1n) is 5.63. The van der Waals surface area contributed by atoms with Gasteiger partial charge in [0.05, 0.1) is 6.61 Å². The molecule has 3 N–H and O–H groups in total. The van der Waals surface area contributed by atoms with Gasteiger partial charge in [0.15, 0.2) is 12.4 Å². The van der Waals surface area contributed by atoms with Crippen LogP contribution in [0.3, 0.4) is 0 Å². The molecule has 7 nitrogen and oxygen atoms in total. The zero-order valence-corrected chi connectivity index (χ0v) is 10.2. The van der Waals surface area contributed by atoms with Crippen LogP contribution < -0.4 is 11.2 Å². The first-order valence-corrected chi connectivity index (χ1v) is 5.63. The average molecular weight is 314 g/mol. The van der Waals surface area contributed by atoms with Crippen molar-refractivity contribution in [2.24, 2.45) is 0 Å². The van der Waals surface area contributed by atoms with Crippen molar-refractivity contribution in [3.05, 3.63) is 33.1 Å². The van der Waals surface area contributed by atoms with Crippen molar-refractivity contribution in [3.63, 3.8) is 0 Å². The number of rotatable bonds is 2. The SMILES string of the molecule is O=c1ccn([C@@H]2O[C@@](CO)(C(F)(F)F)[C@@H](O)[C@H]2F)c(=O)[nH]1. The van der Waals surface area contributed by atoms with Gasteiger partial charge in [0.2, 0.25) is 5.60 Å². The van der Waals surface area contributed by atoms with Crippen LogP contribution in [-0.2, 0) is 4.74 Å². The Labute approximate surface area is 113 Å². The van der Waals surface area contributed by atoms with E-state index < -0.39 is 48.1 Å². The minimum Gasteiger partial charge on any atom is -0.393 e. The standard InChI is InChI=1S/C10H10F4N2O5/c11-5-6(19)9(3-17,10(12,13)14)21-7(5)16-2-1-4(18)15-8(16)20/h1-2,5-7,17,19H,3H2,(H,15,18,20)/t5-,6+,7-,9-/m1/s1. The van der Waals surface area contributed by atoms with E-state index in [1.165, 1.54) is 0 Å². The second-order valence-corrected chi connectivity index (χ2v) is 4.46. The Balaban J connectivity index is 2.49. The third-order valence-electron chi connectivity index (χ3n) is 3.22. The Kier molecular flexibility index (Phi) is 3.68. The third-order valence-corrected chi connectivity index (χ3v) is 3.22. The molecule has 1 saturated heterocycles. The number of aromatic nitrogens is 2. The molecule has 0 aliphatic carbocycles. The molecular formula is C10H10F4N2O5. The highest BCUT2D eigenvalue weighted by Crippen LogP contribution is 2.47. The highest BCUT2D eigenvalue weighted by atomic mass is 19.4. The molecule has 2 heterocycles. The van der Waals surface area contributed by atoms with E-state index in [9.17, 15) is 32.3 Å². The second-order valence-electron chi connectivity index (χ2n) is 4.46. The number of alkyl halides is 4. The Hall–Kier alpha value is -1.72. The average Bonchev–Trinajstić information content (AvgIpc) is 2.63. The van der Waals surface area contributed by atoms with Gasteiger partial charge in [0.1, 0.15) is 6.10 Å². The lowest BCUT2D eigenvalue weighted by Gasteiger charge is -2.31. The number of aliphatic hydroxyl groups excluding tert-OH is 2. The van der Waals surface area contributed by atoms with Crippen molar-refractivity contribution in [1.29, 1.82) is 0 Å². The quantitative estimate of drug-likeness (QED) is 0.611. The molecule has 4 atom stereocenters. The van der Waals surface area contributed by atoms with Crippen LogP contribution in [0.2, 0.25) is 0 Å². The fourth-order valence-electron chi connectivity index (χ4n) is 2.06. The molecule has 1 aliphatic rings. The van der Waals surface area contributed by atoms with Gasteiger partial charge >= 0.3 is 11.9 Å². The van der Waals surface area contributed by atoms with Crippen molar-refractivity contribution >= 4 is 0 Å². The van der Waals surface area contributed by atoms with Crippen molar-refractivity contribution in [1.82, 2.24) is 9.55 Å². The van der Waals surface area contributed by atoms with Crippen LogP contribution in [0.25, 0.3) is 0 Å². The predicted octanol–water partition coefficient (Wildman–Crippen LogP) is -0.942. The summed E-state index contributed by atoms with van der Waals surface area (Å²) in [6.45, 7) is -1.73. The summed E-state index contributed by atoms with van der Waals surface area (Å²) in [7, 11) is 0. The summed E-state index contributed by atoms with van der Waals surface area (Å²) >= 11 is 0. The first-order chi connectivity index (χ1) is 9.64. The zero-order chi connectivity index (χ0) is 16.0. The summed E-state index contributed by atoms with van der Waals surface area (Å²) in [4.78, 5) is 24.1. The van der Waals surface area contributed by atoms with Gasteiger partial charge in [-0.3, -0.25) is 14.3 Å². The lowest BCUT2D eigenvalue weighted by atomic mass is 9.96. The van der Waals surface area contributed by atoms with Crippen LogP contribution >= 0.6 is 0 Å². The van der Waals surface area contributed by atoms with Crippen LogP contribution in [0, 0.1) is 0 Å². The van der Waals surface area contributed by atoms with E-state index in [-0.39, 0.29) is 0 Å². The van der Waals surface area contributed by atoms with E-state index in [2.05, 4.69) is 4.74 Å². The molecule has 0 aromatic carbocycles. The number of nitrogens with one attached hydrogen (secondary N) is 1. The molecule has 21 heavy (non-hydrogen) atoms. The fraction of sp³-hybridized carbons (Fsp3) is 0.600. The molecular weight excluding hydrogens is 304 g/mol. The molecule has 1 aliphatic heterocycles. The summed E-state index contributed by atoms with van der Waals surface area (Å²) in [5.41, 5.74) is -5.60. The van der Waals surface area contributed by atoms with Crippen molar-refractivity contribution < 1.29 is 32.5 Å². The van der Waals surface area contributed by atoms with Gasteiger partial charge in [-0.15, -0.1) is 0 Å². The Morgan fingerprint density at radius 2 is 2.05 bits per heavy atom. The fourth-order valence-corrected chi connectivity index (χ4v) is 2.06. The molecule has 1 aromatic rings. The highest BCUT2D eigenvalue weighted by molar-refractivity contribution is 5.06. The third kappa shape index (κ3) is 2.26. The Morgan fingerprint density at radius 1 is 1.43 bits per heavy atom. The summed E-state index contributed by atoms with van der Waals surface area (Å²) in [6.07, 6.45) is -12.0. The van der Waals surface area contributed by atoms with Gasteiger partial charge < -0.3 is 14.9 Å². The largest absolute Gasteiger partial charge is 0.422 e. The molecule has 0 bridgehead atoms. The maximum Gasteiger partial charge on any atom is 0.422 e. The van der Waals surface area contributed by atoms with Crippen LogP contribution in [0.5, 0.6) is 0 Å². The number of aromatic amines is 1. The number of nitrogens with zero attached hydrogens (tertiary/aromatic N) is 1. The molecule has 2 rings (SSSR count). The summed E-state index contributed by atoms with van der Waals surface area (Å²) in [6, 6.07) is 0.774. The summed E-state index contributed by atoms with van der Waals surface area (Å²) in [5, 5.41) is 18.4. The monoisotopic (exact) mass is 314 g/mol. The summed E-state index contributed by atoms with van der Waals surface area (Å²) < 4.78 is 57.5. The van der Waals surface area contributed by atoms with E-state index in [0.717, 1.165) is 12.3 Å². The number of halogens is 4.